The maximum atomic E-state index is 12.1. The third kappa shape index (κ3) is 5.57. The first kappa shape index (κ1) is 18.9. The van der Waals surface area contributed by atoms with E-state index in [4.69, 9.17) is 16.3 Å². The zero-order valence-corrected chi connectivity index (χ0v) is 15.8. The summed E-state index contributed by atoms with van der Waals surface area (Å²) in [5.74, 6) is 0.701. The van der Waals surface area contributed by atoms with E-state index in [9.17, 15) is 8.42 Å². The predicted molar refractivity (Wildman–Crippen MR) is 107 cm³/mol. The molecule has 0 aliphatic heterocycles. The molecule has 7 heteroatoms. The average Bonchev–Trinajstić information content (AvgIpc) is 2.69. The lowest BCUT2D eigenvalue weighted by atomic mass is 10.2. The lowest BCUT2D eigenvalue weighted by Crippen LogP contribution is -2.18. The minimum Gasteiger partial charge on any atom is -0.489 e. The van der Waals surface area contributed by atoms with Gasteiger partial charge in [-0.05, 0) is 59.7 Å². The number of hydrazone groups is 1. The topological polar surface area (TPSA) is 67.8 Å². The van der Waals surface area contributed by atoms with Gasteiger partial charge in [-0.1, -0.05) is 41.9 Å². The second kappa shape index (κ2) is 8.70. The number of halogens is 1. The highest BCUT2D eigenvalue weighted by atomic mass is 35.5. The van der Waals surface area contributed by atoms with Gasteiger partial charge in [-0.3, -0.25) is 0 Å². The third-order valence-corrected chi connectivity index (χ3v) is 5.13. The highest BCUT2D eigenvalue weighted by Gasteiger charge is 2.10. The Kier molecular flexibility index (Phi) is 6.11. The van der Waals surface area contributed by atoms with Crippen molar-refractivity contribution in [3.05, 3.63) is 95.0 Å². The third-order valence-electron chi connectivity index (χ3n) is 3.64. The second-order valence-electron chi connectivity index (χ2n) is 5.65. The van der Waals surface area contributed by atoms with Gasteiger partial charge in [-0.15, -0.1) is 0 Å². The molecule has 0 spiro atoms. The zero-order valence-electron chi connectivity index (χ0n) is 14.2. The Hall–Kier alpha value is -2.83. The molecular weight excluding hydrogens is 384 g/mol. The Bertz CT molecular complexity index is 1000. The van der Waals surface area contributed by atoms with Gasteiger partial charge >= 0.3 is 0 Å². The lowest BCUT2D eigenvalue weighted by molar-refractivity contribution is 0.306. The van der Waals surface area contributed by atoms with Gasteiger partial charge in [-0.2, -0.15) is 13.5 Å². The monoisotopic (exact) mass is 400 g/mol. The Morgan fingerprint density at radius 3 is 2.26 bits per heavy atom. The maximum Gasteiger partial charge on any atom is 0.276 e. The number of hydrogen-bond acceptors (Lipinski definition) is 4. The van der Waals surface area contributed by atoms with Gasteiger partial charge in [0.25, 0.3) is 10.0 Å². The molecule has 0 aromatic heterocycles. The molecule has 3 aromatic rings. The quantitative estimate of drug-likeness (QED) is 0.476. The summed E-state index contributed by atoms with van der Waals surface area (Å²) in [6.45, 7) is 0.432. The summed E-state index contributed by atoms with van der Waals surface area (Å²) in [4.78, 5) is 2.35. The fourth-order valence-corrected chi connectivity index (χ4v) is 3.16. The van der Waals surface area contributed by atoms with Crippen LogP contribution in [0.2, 0.25) is 5.02 Å². The van der Waals surface area contributed by atoms with Crippen LogP contribution in [0.15, 0.2) is 88.9 Å². The Morgan fingerprint density at radius 2 is 1.59 bits per heavy atom. The first-order chi connectivity index (χ1) is 13.0. The van der Waals surface area contributed by atoms with E-state index in [0.717, 1.165) is 11.1 Å². The fraction of sp³-hybridized carbons (Fsp3) is 0.0500. The molecule has 1 N–H and O–H groups in total. The van der Waals surface area contributed by atoms with Crippen molar-refractivity contribution in [3.8, 4) is 5.75 Å². The van der Waals surface area contributed by atoms with Gasteiger partial charge < -0.3 is 4.74 Å². The molecule has 0 heterocycles. The van der Waals surface area contributed by atoms with Crippen LogP contribution in [0.5, 0.6) is 5.75 Å². The zero-order chi connectivity index (χ0) is 19.1. The maximum absolute atomic E-state index is 12.1. The average molecular weight is 401 g/mol. The van der Waals surface area contributed by atoms with Crippen LogP contribution < -0.4 is 9.57 Å². The van der Waals surface area contributed by atoms with E-state index in [1.807, 2.05) is 24.3 Å². The molecule has 3 aromatic carbocycles. The standard InChI is InChI=1S/C20H17ClN2O3S/c21-18-10-6-17(7-11-18)15-26-19-12-8-16(9-13-19)14-22-23-27(24,25)20-4-2-1-3-5-20/h1-14,23H,15H2. The van der Waals surface area contributed by atoms with Crippen LogP contribution in [0.1, 0.15) is 11.1 Å². The van der Waals surface area contributed by atoms with Crippen molar-refractivity contribution >= 4 is 27.8 Å². The van der Waals surface area contributed by atoms with Gasteiger partial charge in [0, 0.05) is 5.02 Å². The van der Waals surface area contributed by atoms with E-state index in [0.29, 0.717) is 17.4 Å². The largest absolute Gasteiger partial charge is 0.489 e. The Balaban J connectivity index is 1.55. The molecule has 0 bridgehead atoms. The normalized spacial score (nSPS) is 11.4. The van der Waals surface area contributed by atoms with E-state index in [1.54, 1.807) is 42.5 Å². The molecule has 0 atom stereocenters. The first-order valence-corrected chi connectivity index (χ1v) is 9.96. The molecular formula is C20H17ClN2O3S. The number of hydrogen-bond donors (Lipinski definition) is 1. The smallest absolute Gasteiger partial charge is 0.276 e. The summed E-state index contributed by atoms with van der Waals surface area (Å²) < 4.78 is 29.8. The molecule has 27 heavy (non-hydrogen) atoms. The van der Waals surface area contributed by atoms with E-state index in [-0.39, 0.29) is 4.90 Å². The first-order valence-electron chi connectivity index (χ1n) is 8.10. The number of nitrogens with zero attached hydrogens (tertiary/aromatic N) is 1. The molecule has 138 valence electrons. The van der Waals surface area contributed by atoms with Gasteiger partial charge in [-0.25, -0.2) is 4.83 Å². The summed E-state index contributed by atoms with van der Waals surface area (Å²) in [6.07, 6.45) is 1.43. The fourth-order valence-electron chi connectivity index (χ4n) is 2.22. The Morgan fingerprint density at radius 1 is 0.926 bits per heavy atom. The predicted octanol–water partition coefficient (Wildman–Crippen LogP) is 4.23. The van der Waals surface area contributed by atoms with Crippen molar-refractivity contribution in [2.24, 2.45) is 5.10 Å². The number of ether oxygens (including phenoxy) is 1. The van der Waals surface area contributed by atoms with E-state index in [2.05, 4.69) is 9.93 Å². The van der Waals surface area contributed by atoms with E-state index in [1.165, 1.54) is 18.3 Å². The molecule has 0 aliphatic carbocycles. The van der Waals surface area contributed by atoms with Gasteiger partial charge in [0.05, 0.1) is 11.1 Å². The molecule has 0 radical (unpaired) electrons. The van der Waals surface area contributed by atoms with Gasteiger partial charge in [0.2, 0.25) is 0 Å². The van der Waals surface area contributed by atoms with Crippen molar-refractivity contribution in [1.29, 1.82) is 0 Å². The van der Waals surface area contributed by atoms with Crippen molar-refractivity contribution < 1.29 is 13.2 Å². The van der Waals surface area contributed by atoms with Crippen LogP contribution in [0.3, 0.4) is 0 Å². The summed E-state index contributed by atoms with van der Waals surface area (Å²) in [6, 6.07) is 22.7. The highest BCUT2D eigenvalue weighted by Crippen LogP contribution is 2.15. The van der Waals surface area contributed by atoms with Crippen LogP contribution in [-0.4, -0.2) is 14.6 Å². The minimum absolute atomic E-state index is 0.160. The molecule has 0 unspecified atom stereocenters. The van der Waals surface area contributed by atoms with Crippen LogP contribution in [0.25, 0.3) is 0 Å². The number of benzene rings is 3. The van der Waals surface area contributed by atoms with Crippen molar-refractivity contribution in [2.75, 3.05) is 0 Å². The van der Waals surface area contributed by atoms with Crippen LogP contribution >= 0.6 is 11.6 Å². The molecule has 0 saturated heterocycles. The van der Waals surface area contributed by atoms with Crippen molar-refractivity contribution in [2.45, 2.75) is 11.5 Å². The summed E-state index contributed by atoms with van der Waals surface area (Å²) in [7, 11) is -3.66. The van der Waals surface area contributed by atoms with Crippen molar-refractivity contribution in [1.82, 2.24) is 4.83 Å². The van der Waals surface area contributed by atoms with Gasteiger partial charge in [0.15, 0.2) is 0 Å². The summed E-state index contributed by atoms with van der Waals surface area (Å²) in [5, 5.41) is 4.49. The highest BCUT2D eigenvalue weighted by molar-refractivity contribution is 7.89. The molecule has 0 saturated carbocycles. The summed E-state index contributed by atoms with van der Waals surface area (Å²) in [5.41, 5.74) is 1.75. The van der Waals surface area contributed by atoms with Gasteiger partial charge in [0.1, 0.15) is 12.4 Å². The number of rotatable bonds is 7. The molecule has 0 fully saturated rings. The van der Waals surface area contributed by atoms with E-state index >= 15 is 0 Å². The van der Waals surface area contributed by atoms with E-state index < -0.39 is 10.0 Å². The SMILES string of the molecule is O=S(=O)(NN=Cc1ccc(OCc2ccc(Cl)cc2)cc1)c1ccccc1. The second-order valence-corrected chi connectivity index (χ2v) is 7.75. The van der Waals surface area contributed by atoms with Crippen LogP contribution in [0, 0.1) is 0 Å². The molecule has 0 aliphatic rings. The van der Waals surface area contributed by atoms with Crippen molar-refractivity contribution in [3.63, 3.8) is 0 Å². The number of nitrogens with one attached hydrogen (secondary N) is 1. The lowest BCUT2D eigenvalue weighted by Gasteiger charge is -2.06. The van der Waals surface area contributed by atoms with Crippen LogP contribution in [-0.2, 0) is 16.6 Å². The summed E-state index contributed by atoms with van der Waals surface area (Å²) >= 11 is 5.85. The molecule has 5 nitrogen and oxygen atoms in total. The molecule has 0 amide bonds. The Labute approximate surface area is 163 Å². The van der Waals surface area contributed by atoms with Crippen LogP contribution in [0.4, 0.5) is 0 Å². The number of sulfonamides is 1. The molecule has 3 rings (SSSR count). The minimum atomic E-state index is -3.66.